The highest BCUT2D eigenvalue weighted by Gasteiger charge is 2.03. The molecule has 0 saturated carbocycles. The van der Waals surface area contributed by atoms with Gasteiger partial charge in [-0.1, -0.05) is 76.9 Å². The van der Waals surface area contributed by atoms with Crippen molar-refractivity contribution < 1.29 is 5.11 Å². The molecule has 0 spiro atoms. The molecule has 0 aliphatic heterocycles. The van der Waals surface area contributed by atoms with Crippen molar-refractivity contribution in [1.29, 1.82) is 0 Å². The van der Waals surface area contributed by atoms with E-state index in [0.717, 1.165) is 6.42 Å². The van der Waals surface area contributed by atoms with Crippen molar-refractivity contribution in [3.05, 3.63) is 12.2 Å². The maximum atomic E-state index is 8.95. The maximum absolute atomic E-state index is 8.95. The predicted octanol–water partition coefficient (Wildman–Crippen LogP) is 5.99. The lowest BCUT2D eigenvalue weighted by Gasteiger charge is -2.14. The molecule has 0 heterocycles. The zero-order valence-corrected chi connectivity index (χ0v) is 16.0. The van der Waals surface area contributed by atoms with Gasteiger partial charge in [-0.3, -0.25) is 0 Å². The van der Waals surface area contributed by atoms with Gasteiger partial charge >= 0.3 is 0 Å². The van der Waals surface area contributed by atoms with E-state index in [2.05, 4.69) is 24.4 Å². The average molecular weight is 326 g/mol. The van der Waals surface area contributed by atoms with Crippen molar-refractivity contribution in [3.8, 4) is 0 Å². The molecule has 0 rings (SSSR count). The molecular weight excluding hydrogens is 282 g/mol. The minimum absolute atomic E-state index is 0.302. The number of aliphatic hydroxyl groups excluding tert-OH is 1. The van der Waals surface area contributed by atoms with Crippen LogP contribution in [0.4, 0.5) is 0 Å². The van der Waals surface area contributed by atoms with Crippen LogP contribution < -0.4 is 5.32 Å². The number of nitrogens with one attached hydrogen (secondary N) is 1. The summed E-state index contributed by atoms with van der Waals surface area (Å²) >= 11 is 0. The van der Waals surface area contributed by atoms with Gasteiger partial charge in [0.1, 0.15) is 0 Å². The van der Waals surface area contributed by atoms with E-state index >= 15 is 0 Å². The van der Waals surface area contributed by atoms with Gasteiger partial charge in [0.25, 0.3) is 0 Å². The van der Waals surface area contributed by atoms with E-state index in [9.17, 15) is 0 Å². The van der Waals surface area contributed by atoms with Crippen LogP contribution in [0.5, 0.6) is 0 Å². The normalized spacial score (nSPS) is 13.0. The minimum Gasteiger partial charge on any atom is -0.396 e. The Morgan fingerprint density at radius 2 is 1.26 bits per heavy atom. The van der Waals surface area contributed by atoms with Crippen molar-refractivity contribution >= 4 is 0 Å². The molecule has 1 unspecified atom stereocenters. The second-order valence-electron chi connectivity index (χ2n) is 6.87. The van der Waals surface area contributed by atoms with E-state index in [1.807, 2.05) is 7.05 Å². The molecule has 0 aliphatic carbocycles. The lowest BCUT2D eigenvalue weighted by atomic mass is 10.0. The second kappa shape index (κ2) is 19.7. The molecule has 2 nitrogen and oxygen atoms in total. The molecule has 138 valence electrons. The molecule has 0 amide bonds. The second-order valence-corrected chi connectivity index (χ2v) is 6.87. The van der Waals surface area contributed by atoms with Crippen molar-refractivity contribution in [2.24, 2.45) is 0 Å². The topological polar surface area (TPSA) is 32.3 Å². The van der Waals surface area contributed by atoms with Crippen LogP contribution in [0, 0.1) is 0 Å². The lowest BCUT2D eigenvalue weighted by molar-refractivity contribution is 0.262. The number of allylic oxidation sites excluding steroid dienone is 2. The first-order chi connectivity index (χ1) is 11.3. The van der Waals surface area contributed by atoms with Crippen LogP contribution in [0.1, 0.15) is 103 Å². The molecule has 0 aromatic carbocycles. The van der Waals surface area contributed by atoms with E-state index in [1.165, 1.54) is 89.9 Å². The molecule has 2 heteroatoms. The number of rotatable bonds is 18. The Hall–Kier alpha value is -0.340. The first-order valence-electron chi connectivity index (χ1n) is 10.3. The quantitative estimate of drug-likeness (QED) is 0.239. The Labute approximate surface area is 146 Å². The summed E-state index contributed by atoms with van der Waals surface area (Å²) in [6, 6.07) is 0.505. The molecule has 0 aliphatic rings. The van der Waals surface area contributed by atoms with Crippen LogP contribution in [0.25, 0.3) is 0 Å². The lowest BCUT2D eigenvalue weighted by Crippen LogP contribution is -2.26. The molecule has 0 radical (unpaired) electrons. The first-order valence-corrected chi connectivity index (χ1v) is 10.3. The van der Waals surface area contributed by atoms with Gasteiger partial charge < -0.3 is 10.4 Å². The van der Waals surface area contributed by atoms with Gasteiger partial charge in [-0.25, -0.2) is 0 Å². The summed E-state index contributed by atoms with van der Waals surface area (Å²) in [5.41, 5.74) is 0. The largest absolute Gasteiger partial charge is 0.396 e. The Balaban J connectivity index is 3.19. The molecule has 2 N–H and O–H groups in total. The number of aliphatic hydroxyl groups is 1. The minimum atomic E-state index is 0.302. The summed E-state index contributed by atoms with van der Waals surface area (Å²) < 4.78 is 0. The van der Waals surface area contributed by atoms with Crippen molar-refractivity contribution in [1.82, 2.24) is 5.32 Å². The van der Waals surface area contributed by atoms with Crippen molar-refractivity contribution in [3.63, 3.8) is 0 Å². The van der Waals surface area contributed by atoms with Gasteiger partial charge in [0.05, 0.1) is 0 Å². The molecule has 0 saturated heterocycles. The van der Waals surface area contributed by atoms with Crippen LogP contribution in [-0.4, -0.2) is 24.8 Å². The molecule has 0 bridgehead atoms. The summed E-state index contributed by atoms with van der Waals surface area (Å²) in [7, 11) is 2.00. The molecule has 0 fully saturated rings. The van der Waals surface area contributed by atoms with E-state index in [0.29, 0.717) is 12.6 Å². The van der Waals surface area contributed by atoms with E-state index in [-0.39, 0.29) is 0 Å². The van der Waals surface area contributed by atoms with Crippen molar-refractivity contribution in [2.45, 2.75) is 109 Å². The maximum Gasteiger partial charge on any atom is 0.0445 e. The third kappa shape index (κ3) is 17.8. The average Bonchev–Trinajstić information content (AvgIpc) is 2.57. The monoisotopic (exact) mass is 325 g/mol. The Kier molecular flexibility index (Phi) is 19.4. The summed E-state index contributed by atoms with van der Waals surface area (Å²) in [5, 5.41) is 12.2. The predicted molar refractivity (Wildman–Crippen MR) is 104 cm³/mol. The Morgan fingerprint density at radius 1 is 0.739 bits per heavy atom. The first kappa shape index (κ1) is 22.7. The highest BCUT2D eigenvalue weighted by molar-refractivity contribution is 4.81. The summed E-state index contributed by atoms with van der Waals surface area (Å²) in [4.78, 5) is 0. The van der Waals surface area contributed by atoms with Gasteiger partial charge in [-0.2, -0.15) is 0 Å². The summed E-state index contributed by atoms with van der Waals surface area (Å²) in [6.45, 7) is 2.58. The molecule has 0 aromatic rings. The molecule has 1 atom stereocenters. The fourth-order valence-corrected chi connectivity index (χ4v) is 3.05. The van der Waals surface area contributed by atoms with E-state index in [4.69, 9.17) is 5.11 Å². The van der Waals surface area contributed by atoms with E-state index < -0.39 is 0 Å². The van der Waals surface area contributed by atoms with Gasteiger partial charge in [-0.15, -0.1) is 0 Å². The standard InChI is InChI=1S/C21H43NO/c1-3-4-5-6-7-8-9-10-11-12-13-14-15-16-17-18-21(22-2)19-20-23/h10-11,21-23H,3-9,12-20H2,1-2H3/b11-10-. The highest BCUT2D eigenvalue weighted by atomic mass is 16.3. The SMILES string of the molecule is CCCCCCCC/C=C\CCCCCCCC(CCO)NC. The number of hydrogen-bond donors (Lipinski definition) is 2. The summed E-state index contributed by atoms with van der Waals surface area (Å²) in [5.74, 6) is 0. The summed E-state index contributed by atoms with van der Waals surface area (Å²) in [6.07, 6.45) is 24.5. The molecule has 0 aromatic heterocycles. The zero-order chi connectivity index (χ0) is 17.0. The van der Waals surface area contributed by atoms with Gasteiger partial charge in [0, 0.05) is 12.6 Å². The Morgan fingerprint density at radius 3 is 1.78 bits per heavy atom. The number of unbranched alkanes of at least 4 members (excludes halogenated alkanes) is 11. The fourth-order valence-electron chi connectivity index (χ4n) is 3.05. The van der Waals surface area contributed by atoms with E-state index in [1.54, 1.807) is 0 Å². The number of hydrogen-bond acceptors (Lipinski definition) is 2. The zero-order valence-electron chi connectivity index (χ0n) is 16.0. The Bertz CT molecular complexity index is 240. The van der Waals surface area contributed by atoms with Gasteiger partial charge in [0.2, 0.25) is 0 Å². The van der Waals surface area contributed by atoms with Crippen LogP contribution >= 0.6 is 0 Å². The van der Waals surface area contributed by atoms with Gasteiger partial charge in [-0.05, 0) is 45.6 Å². The smallest absolute Gasteiger partial charge is 0.0445 e. The van der Waals surface area contributed by atoms with Crippen LogP contribution in [0.15, 0.2) is 12.2 Å². The molecule has 23 heavy (non-hydrogen) atoms. The fraction of sp³-hybridized carbons (Fsp3) is 0.905. The third-order valence-electron chi connectivity index (χ3n) is 4.70. The third-order valence-corrected chi connectivity index (χ3v) is 4.70. The van der Waals surface area contributed by atoms with Crippen LogP contribution in [-0.2, 0) is 0 Å². The highest BCUT2D eigenvalue weighted by Crippen LogP contribution is 2.11. The van der Waals surface area contributed by atoms with Crippen LogP contribution in [0.2, 0.25) is 0 Å². The van der Waals surface area contributed by atoms with Crippen molar-refractivity contribution in [2.75, 3.05) is 13.7 Å². The van der Waals surface area contributed by atoms with Gasteiger partial charge in [0.15, 0.2) is 0 Å². The van der Waals surface area contributed by atoms with Crippen LogP contribution in [0.3, 0.4) is 0 Å². The molecular formula is C21H43NO.